The van der Waals surface area contributed by atoms with Gasteiger partial charge in [-0.25, -0.2) is 29.4 Å². The van der Waals surface area contributed by atoms with Crippen molar-refractivity contribution in [1.82, 2.24) is 29.9 Å². The van der Waals surface area contributed by atoms with E-state index in [0.717, 1.165) is 13.3 Å². The number of ether oxygens (including phenoxy) is 1. The van der Waals surface area contributed by atoms with E-state index in [-0.39, 0.29) is 68.1 Å². The summed E-state index contributed by atoms with van der Waals surface area (Å²) in [5.74, 6) is -0.873. The minimum absolute atomic E-state index is 0. The van der Waals surface area contributed by atoms with E-state index in [1.54, 1.807) is 0 Å². The molecule has 0 aliphatic heterocycles. The van der Waals surface area contributed by atoms with E-state index in [0.29, 0.717) is 0 Å². The second-order valence-electron chi connectivity index (χ2n) is 5.96. The summed E-state index contributed by atoms with van der Waals surface area (Å²) in [7, 11) is 2.18. The molecule has 3 aromatic rings. The molecule has 29 heteroatoms. The number of primary amides is 1. The number of rotatable bonds is 2. The van der Waals surface area contributed by atoms with Crippen LogP contribution < -0.4 is 56.4 Å². The number of amides is 1. The van der Waals surface area contributed by atoms with Crippen molar-refractivity contribution in [3.8, 4) is 6.01 Å². The van der Waals surface area contributed by atoms with Crippen LogP contribution in [0.5, 0.6) is 6.01 Å². The Bertz CT molecular complexity index is 1630. The maximum Gasteiger partial charge on any atom is 1.00 e. The summed E-state index contributed by atoms with van der Waals surface area (Å²) >= 11 is 55.1. The van der Waals surface area contributed by atoms with Crippen molar-refractivity contribution in [2.75, 3.05) is 14.2 Å². The van der Waals surface area contributed by atoms with Crippen LogP contribution in [0, 0.1) is 13.1 Å². The van der Waals surface area contributed by atoms with Gasteiger partial charge < -0.3 is 20.6 Å². The van der Waals surface area contributed by atoms with Crippen LogP contribution in [0.3, 0.4) is 0 Å². The maximum atomic E-state index is 10.7. The van der Waals surface area contributed by atoms with Gasteiger partial charge in [-0.15, -0.1) is 0 Å². The van der Waals surface area contributed by atoms with Crippen molar-refractivity contribution in [3.63, 3.8) is 0 Å². The molecule has 3 heterocycles. The molecule has 0 saturated heterocycles. The second kappa shape index (κ2) is 25.8. The van der Waals surface area contributed by atoms with E-state index in [2.05, 4.69) is 73.1 Å². The van der Waals surface area contributed by atoms with Crippen LogP contribution in [-0.2, 0) is 4.57 Å². The first-order valence-corrected chi connectivity index (χ1v) is 22.0. The zero-order valence-electron chi connectivity index (χ0n) is 22.5. The number of methoxy groups -OCH3 is 1. The summed E-state index contributed by atoms with van der Waals surface area (Å²) in [5.41, 5.74) is 3.52. The van der Waals surface area contributed by atoms with Crippen LogP contribution in [0.15, 0.2) is 28.2 Å². The number of nitrogens with one attached hydrogen (secondary N) is 2. The quantitative estimate of drug-likeness (QED) is 0.0993. The summed E-state index contributed by atoms with van der Waals surface area (Å²) in [4.78, 5) is 56.1. The number of H-pyrrole nitrogens is 2. The van der Waals surface area contributed by atoms with E-state index >= 15 is 0 Å². The molecule has 0 unspecified atom stereocenters. The molecular formula is C17H13Cl11N9NaO6P2. The van der Waals surface area contributed by atoms with Gasteiger partial charge in [-0.3, -0.25) is 19.1 Å². The van der Waals surface area contributed by atoms with E-state index < -0.39 is 25.7 Å². The topological polar surface area (TPSA) is 218 Å². The number of carbonyl (C=O) groups excluding carboxylic acids is 1. The summed E-state index contributed by atoms with van der Waals surface area (Å²) in [6.45, 7) is 13.2. The molecule has 4 N–H and O–H groups in total. The summed E-state index contributed by atoms with van der Waals surface area (Å²) in [6.07, 6.45) is 3.58. The normalized spacial score (nSPS) is 10.2. The Morgan fingerprint density at radius 2 is 1.35 bits per heavy atom. The third-order valence-corrected chi connectivity index (χ3v) is 3.64. The van der Waals surface area contributed by atoms with Gasteiger partial charge in [0, 0.05) is 18.6 Å². The number of hydrogen-bond acceptors (Lipinski definition) is 10. The molecule has 0 spiro atoms. The third-order valence-electron chi connectivity index (χ3n) is 2.91. The number of aromatic amines is 2. The van der Waals surface area contributed by atoms with Gasteiger partial charge in [0.2, 0.25) is 16.7 Å². The zero-order valence-corrected chi connectivity index (χ0v) is 34.6. The summed E-state index contributed by atoms with van der Waals surface area (Å²) in [6, 6.07) is 0.169. The van der Waals surface area contributed by atoms with Crippen molar-refractivity contribution in [3.05, 3.63) is 83.4 Å². The van der Waals surface area contributed by atoms with E-state index in [1.807, 2.05) is 4.98 Å². The van der Waals surface area contributed by atoms with Crippen LogP contribution in [-0.4, -0.2) is 50.0 Å². The fraction of sp³-hybridized carbons (Fsp3) is 0.118. The molecule has 0 aliphatic carbocycles. The van der Waals surface area contributed by atoms with Crippen LogP contribution in [0.1, 0.15) is 10.4 Å². The predicted octanol–water partition coefficient (Wildman–Crippen LogP) is 5.29. The number of nitrogens with two attached hydrogens (primary N) is 1. The Labute approximate surface area is 335 Å². The zero-order chi connectivity index (χ0) is 36.2. The second-order valence-corrected chi connectivity index (χ2v) is 30.3. The van der Waals surface area contributed by atoms with Crippen LogP contribution in [0.4, 0.5) is 11.4 Å². The summed E-state index contributed by atoms with van der Waals surface area (Å²) in [5, 5.41) is 5.29. The molecule has 1 amide bonds. The first kappa shape index (κ1) is 52.7. The van der Waals surface area contributed by atoms with Crippen molar-refractivity contribution in [1.29, 1.82) is 0 Å². The Balaban J connectivity index is -0.000000242. The number of hydrogen-bond donors (Lipinski definition) is 3. The molecule has 250 valence electrons. The average Bonchev–Trinajstić information content (AvgIpc) is 2.88. The fourth-order valence-corrected chi connectivity index (χ4v) is 2.03. The van der Waals surface area contributed by atoms with Gasteiger partial charge in [-0.2, -0.15) is 12.1 Å². The largest absolute Gasteiger partial charge is 1.00 e. The molecule has 0 aromatic carbocycles. The molecule has 0 fully saturated rings. The van der Waals surface area contributed by atoms with Crippen molar-refractivity contribution < 1.29 is 48.8 Å². The number of nitrogens with zero attached hydrogens (tertiary/aromatic N) is 6. The van der Waals surface area contributed by atoms with Gasteiger partial charge in [-0.05, 0) is 45.3 Å². The van der Waals surface area contributed by atoms with Crippen molar-refractivity contribution in [2.45, 2.75) is 0 Å². The predicted molar refractivity (Wildman–Crippen MR) is 182 cm³/mol. The molecular weight excluding hydrogens is 901 g/mol. The van der Waals surface area contributed by atoms with Gasteiger partial charge in [0.05, 0.1) is 20.3 Å². The maximum absolute atomic E-state index is 10.7. The van der Waals surface area contributed by atoms with E-state index in [4.69, 9.17) is 115 Å². The number of halogens is 11. The van der Waals surface area contributed by atoms with Gasteiger partial charge >= 0.3 is 106 Å². The number of carbonyl (C=O) groups is 1. The van der Waals surface area contributed by atoms with Gasteiger partial charge in [0.1, 0.15) is 15.9 Å². The standard InChI is InChI=1S/C6H4ClN3O.C5HCl2N3.C5H5N3O3.CH3O.Cl5P.Cl3OP.Na/c1-8-4-3-9-6(11-2)10-5(4)7;1-8-3-2-9-5(7)10-4(3)6;6-3(9)2-1-7-5(11)8-4(2)10;1-2;1-6(2,3,4)5;1-5(2,3)4;/h3H,2H3;2H;1H,(H2,6,9)(H2,7,8,10,11);1H3;;;/q;;;-1;;;+1. The number of aromatic nitrogens is 6. The minimum Gasteiger partial charge on any atom is -0.467 e. The smallest absolute Gasteiger partial charge is 0.467 e. The molecule has 3 aromatic heterocycles. The first-order chi connectivity index (χ1) is 20.4. The molecule has 46 heavy (non-hydrogen) atoms. The Morgan fingerprint density at radius 3 is 1.65 bits per heavy atom. The summed E-state index contributed by atoms with van der Waals surface area (Å²) < 4.78 is 10.5. The molecule has 3 rings (SSSR count). The molecule has 0 aliphatic rings. The average molecular weight is 914 g/mol. The fourth-order valence-electron chi connectivity index (χ4n) is 1.52. The van der Waals surface area contributed by atoms with Gasteiger partial charge in [0.15, 0.2) is 0 Å². The van der Waals surface area contributed by atoms with Gasteiger partial charge in [0.25, 0.3) is 11.5 Å². The molecule has 0 radical (unpaired) electrons. The third kappa shape index (κ3) is 33.8. The van der Waals surface area contributed by atoms with Crippen molar-refractivity contribution in [2.24, 2.45) is 5.73 Å². The Kier molecular flexibility index (Phi) is 29.6. The SMILES string of the molecule is C[O-].ClP(Cl)(Cl)(Cl)Cl.NC(=O)c1c[nH]c(=O)[nH]c1=O.O=P(Cl)(Cl)Cl.[C-]#[N+]c1cnc(Cl)nc1Cl.[C-]#[N+]c1cnc(OC)nc1Cl.[Na+]. The molecule has 0 bridgehead atoms. The minimum atomic E-state index is -3.69. The van der Waals surface area contributed by atoms with Gasteiger partial charge in [-0.1, -0.05) is 23.2 Å². The van der Waals surface area contributed by atoms with Crippen LogP contribution in [0.25, 0.3) is 9.69 Å². The molecule has 0 atom stereocenters. The van der Waals surface area contributed by atoms with Crippen molar-refractivity contribution >= 4 is 151 Å². The van der Waals surface area contributed by atoms with Crippen LogP contribution in [0.2, 0.25) is 15.6 Å². The molecule has 0 saturated carbocycles. The monoisotopic (exact) mass is 909 g/mol. The Hall–Kier alpha value is -0.1000. The van der Waals surface area contributed by atoms with Crippen LogP contribution >= 0.6 is 133 Å². The Morgan fingerprint density at radius 1 is 0.957 bits per heavy atom. The van der Waals surface area contributed by atoms with E-state index in [1.165, 1.54) is 19.5 Å². The first-order valence-electron chi connectivity index (χ1n) is 9.68. The molecule has 15 nitrogen and oxygen atoms in total. The van der Waals surface area contributed by atoms with E-state index in [9.17, 15) is 18.9 Å².